The maximum Gasteiger partial charge on any atom is 0.490 e. The third-order valence-corrected chi connectivity index (χ3v) is 7.40. The smallest absolute Gasteiger partial charge is 0.480 e. The maximum atomic E-state index is 13.1. The topological polar surface area (TPSA) is 185 Å². The molecular formula is C31H37F3N6O7. The van der Waals surface area contributed by atoms with E-state index in [2.05, 4.69) is 20.6 Å². The number of carboxylic acid groups (broad SMARTS) is 2. The van der Waals surface area contributed by atoms with E-state index in [0.29, 0.717) is 25.3 Å². The van der Waals surface area contributed by atoms with Crippen molar-refractivity contribution in [3.63, 3.8) is 0 Å². The van der Waals surface area contributed by atoms with E-state index in [1.807, 2.05) is 52.3 Å². The molecule has 1 saturated heterocycles. The molecule has 16 heteroatoms. The molecule has 3 amide bonds. The Morgan fingerprint density at radius 3 is 2.43 bits per heavy atom. The Labute approximate surface area is 268 Å². The van der Waals surface area contributed by atoms with Crippen molar-refractivity contribution in [3.8, 4) is 0 Å². The number of fused-ring (bicyclic) bond motifs is 1. The van der Waals surface area contributed by atoms with Crippen molar-refractivity contribution in [2.75, 3.05) is 26.2 Å². The van der Waals surface area contributed by atoms with Crippen LogP contribution in [-0.2, 0) is 36.9 Å². The van der Waals surface area contributed by atoms with Gasteiger partial charge in [0.25, 0.3) is 0 Å². The molecule has 4 rings (SSSR count). The second-order valence-corrected chi connectivity index (χ2v) is 10.8. The molecule has 1 aliphatic rings. The molecular weight excluding hydrogens is 625 g/mol. The monoisotopic (exact) mass is 662 g/mol. The number of benzene rings is 2. The summed E-state index contributed by atoms with van der Waals surface area (Å²) in [7, 11) is 0. The van der Waals surface area contributed by atoms with Crippen molar-refractivity contribution >= 4 is 40.4 Å². The van der Waals surface area contributed by atoms with Crippen LogP contribution < -0.4 is 10.6 Å². The molecule has 0 aliphatic carbocycles. The van der Waals surface area contributed by atoms with Crippen molar-refractivity contribution in [1.29, 1.82) is 0 Å². The number of carboxylic acids is 2. The number of aromatic amines is 1. The molecule has 3 aromatic rings. The number of hydrogen-bond acceptors (Lipinski definition) is 7. The molecule has 13 nitrogen and oxygen atoms in total. The number of H-pyrrole nitrogens is 1. The van der Waals surface area contributed by atoms with Gasteiger partial charge in [-0.05, 0) is 29.2 Å². The van der Waals surface area contributed by atoms with Gasteiger partial charge in [0.05, 0.1) is 25.0 Å². The summed E-state index contributed by atoms with van der Waals surface area (Å²) >= 11 is 0. The first kappa shape index (κ1) is 36.5. The molecule has 5 N–H and O–H groups in total. The predicted molar refractivity (Wildman–Crippen MR) is 163 cm³/mol. The van der Waals surface area contributed by atoms with Gasteiger partial charge in [-0.15, -0.1) is 0 Å². The molecule has 0 saturated carbocycles. The Balaban J connectivity index is 0.000000771. The zero-order valence-corrected chi connectivity index (χ0v) is 25.6. The third kappa shape index (κ3) is 11.4. The van der Waals surface area contributed by atoms with Crippen molar-refractivity contribution < 1.29 is 47.4 Å². The Morgan fingerprint density at radius 2 is 1.79 bits per heavy atom. The van der Waals surface area contributed by atoms with Crippen LogP contribution in [0.15, 0.2) is 55.0 Å². The predicted octanol–water partition coefficient (Wildman–Crippen LogP) is 2.33. The van der Waals surface area contributed by atoms with Gasteiger partial charge in [-0.25, -0.2) is 14.6 Å². The number of nitrogens with zero attached hydrogens (tertiary/aromatic N) is 3. The number of imidazole rings is 1. The fourth-order valence-electron chi connectivity index (χ4n) is 5.14. The number of carbonyl (C=O) groups is 5. The number of halogens is 3. The van der Waals surface area contributed by atoms with Crippen LogP contribution in [0.25, 0.3) is 10.8 Å². The number of hydrogen-bond donors (Lipinski definition) is 5. The molecule has 1 aliphatic heterocycles. The molecule has 0 bridgehead atoms. The van der Waals surface area contributed by atoms with Gasteiger partial charge in [-0.1, -0.05) is 49.4 Å². The van der Waals surface area contributed by atoms with E-state index >= 15 is 0 Å². The lowest BCUT2D eigenvalue weighted by atomic mass is 10.0. The molecule has 2 heterocycles. The zero-order valence-electron chi connectivity index (χ0n) is 25.6. The summed E-state index contributed by atoms with van der Waals surface area (Å²) in [5.41, 5.74) is 1.71. The molecule has 1 unspecified atom stereocenters. The van der Waals surface area contributed by atoms with Gasteiger partial charge in [0.2, 0.25) is 17.7 Å². The number of aromatic nitrogens is 2. The summed E-state index contributed by atoms with van der Waals surface area (Å²) in [5, 5.41) is 23.9. The minimum absolute atomic E-state index is 0.0123. The highest BCUT2D eigenvalue weighted by molar-refractivity contribution is 5.87. The lowest BCUT2D eigenvalue weighted by Gasteiger charge is -2.31. The Morgan fingerprint density at radius 1 is 1.09 bits per heavy atom. The maximum absolute atomic E-state index is 13.1. The van der Waals surface area contributed by atoms with Crippen LogP contribution in [0.3, 0.4) is 0 Å². The standard InChI is InChI=1S/C29H36N6O5.C2HF3O2/c1-2-26(36)31-15-25(29(39)40)33-27(37)18-34(16-21-9-5-8-20-7-3-4-11-24(20)21)17-23-10-6-12-35(23)28(38)13-22-14-30-19-32-22;3-2(4,5)1(6)7/h3-5,7-9,11,14,19,23,25H,2,6,10,12-13,15-18H2,1H3,(H,30,32)(H,31,36)(H,33,37)(H,39,40);(H,6,7)/t23?,25-;/m0./s1. The third-order valence-electron chi connectivity index (χ3n) is 7.40. The van der Waals surface area contributed by atoms with Gasteiger partial charge in [0, 0.05) is 44.8 Å². The average Bonchev–Trinajstić information content (AvgIpc) is 3.71. The quantitative estimate of drug-likeness (QED) is 0.183. The van der Waals surface area contributed by atoms with Gasteiger partial charge in [0.15, 0.2) is 0 Å². The van der Waals surface area contributed by atoms with Gasteiger partial charge in [-0.3, -0.25) is 19.3 Å². The molecule has 47 heavy (non-hydrogen) atoms. The summed E-state index contributed by atoms with van der Waals surface area (Å²) in [6.07, 6.45) is 0.266. The normalized spacial score (nSPS) is 15.1. The summed E-state index contributed by atoms with van der Waals surface area (Å²) in [4.78, 5) is 69.4. The van der Waals surface area contributed by atoms with E-state index in [4.69, 9.17) is 9.90 Å². The van der Waals surface area contributed by atoms with Crippen LogP contribution in [0, 0.1) is 0 Å². The Bertz CT molecular complexity index is 1530. The first-order valence-corrected chi connectivity index (χ1v) is 14.8. The number of nitrogens with one attached hydrogen (secondary N) is 3. The fraction of sp³-hybridized carbons (Fsp3) is 0.419. The SMILES string of the molecule is CCC(=O)NC[C@H](NC(=O)CN(Cc1cccc2ccccc12)CC1CCCN1C(=O)Cc1c[nH]cn1)C(=O)O.O=C(O)C(F)(F)F. The van der Waals surface area contributed by atoms with E-state index in [0.717, 1.165) is 29.2 Å². The largest absolute Gasteiger partial charge is 0.490 e. The van der Waals surface area contributed by atoms with E-state index in [1.54, 1.807) is 19.4 Å². The summed E-state index contributed by atoms with van der Waals surface area (Å²) in [6.45, 7) is 2.94. The highest BCUT2D eigenvalue weighted by atomic mass is 19.4. The first-order valence-electron chi connectivity index (χ1n) is 14.8. The van der Waals surface area contributed by atoms with E-state index in [-0.39, 0.29) is 43.8 Å². The number of carbonyl (C=O) groups excluding carboxylic acids is 3. The second kappa shape index (κ2) is 17.1. The van der Waals surface area contributed by atoms with Crippen LogP contribution in [0.4, 0.5) is 13.2 Å². The number of amides is 3. The van der Waals surface area contributed by atoms with Crippen molar-refractivity contribution in [2.45, 2.75) is 57.4 Å². The van der Waals surface area contributed by atoms with Gasteiger partial charge >= 0.3 is 18.1 Å². The molecule has 0 radical (unpaired) electrons. The molecule has 2 atom stereocenters. The number of rotatable bonds is 13. The van der Waals surface area contributed by atoms with Crippen LogP contribution in [0.2, 0.25) is 0 Å². The van der Waals surface area contributed by atoms with Gasteiger partial charge in [-0.2, -0.15) is 13.2 Å². The summed E-state index contributed by atoms with van der Waals surface area (Å²) in [6, 6.07) is 12.7. The minimum Gasteiger partial charge on any atom is -0.480 e. The van der Waals surface area contributed by atoms with E-state index in [9.17, 15) is 37.5 Å². The Kier molecular flexibility index (Phi) is 13.3. The molecule has 1 aromatic heterocycles. The highest BCUT2D eigenvalue weighted by Gasteiger charge is 2.38. The summed E-state index contributed by atoms with van der Waals surface area (Å²) < 4.78 is 31.7. The molecule has 1 fully saturated rings. The van der Waals surface area contributed by atoms with Crippen molar-refractivity contribution in [1.82, 2.24) is 30.4 Å². The van der Waals surface area contributed by atoms with Crippen molar-refractivity contribution in [3.05, 3.63) is 66.2 Å². The number of alkyl halides is 3. The lowest BCUT2D eigenvalue weighted by molar-refractivity contribution is -0.192. The van der Waals surface area contributed by atoms with Crippen LogP contribution in [-0.4, -0.2) is 104 Å². The van der Waals surface area contributed by atoms with E-state index < -0.39 is 30.1 Å². The number of likely N-dealkylation sites (tertiary alicyclic amines) is 1. The van der Waals surface area contributed by atoms with E-state index in [1.165, 1.54) is 0 Å². The average molecular weight is 663 g/mol. The second-order valence-electron chi connectivity index (χ2n) is 10.8. The zero-order chi connectivity index (χ0) is 34.6. The van der Waals surface area contributed by atoms with Gasteiger partial charge in [0.1, 0.15) is 6.04 Å². The Hall–Kier alpha value is -4.99. The summed E-state index contributed by atoms with van der Waals surface area (Å²) in [5.74, 6) is -4.75. The molecule has 0 spiro atoms. The fourth-order valence-corrected chi connectivity index (χ4v) is 5.14. The number of aliphatic carboxylic acids is 2. The van der Waals surface area contributed by atoms with Gasteiger partial charge < -0.3 is 30.7 Å². The van der Waals surface area contributed by atoms with Crippen molar-refractivity contribution in [2.24, 2.45) is 0 Å². The molecule has 2 aromatic carbocycles. The van der Waals surface area contributed by atoms with Crippen LogP contribution in [0.1, 0.15) is 37.4 Å². The van der Waals surface area contributed by atoms with Crippen LogP contribution in [0.5, 0.6) is 0 Å². The first-order chi connectivity index (χ1) is 22.3. The van der Waals surface area contributed by atoms with Crippen LogP contribution >= 0.6 is 0 Å². The highest BCUT2D eigenvalue weighted by Crippen LogP contribution is 2.23. The molecule has 254 valence electrons. The minimum atomic E-state index is -5.08. The lowest BCUT2D eigenvalue weighted by Crippen LogP contribution is -2.52.